The number of ether oxygens (including phenoxy) is 1. The average Bonchev–Trinajstić information content (AvgIpc) is 3.44. The minimum absolute atomic E-state index is 0.142. The molecule has 2 aliphatic rings. The molecular weight excluding hydrogens is 450 g/mol. The van der Waals surface area contributed by atoms with Crippen LogP contribution in [0.1, 0.15) is 17.5 Å². The number of sulfonamides is 1. The zero-order chi connectivity index (χ0) is 22.1. The number of thioether (sulfide) groups is 1. The van der Waals surface area contributed by atoms with Gasteiger partial charge in [-0.25, -0.2) is 13.4 Å². The predicted octanol–water partition coefficient (Wildman–Crippen LogP) is 3.07. The Balaban J connectivity index is 1.24. The molecule has 168 valence electrons. The lowest BCUT2D eigenvalue weighted by atomic mass is 10.1. The van der Waals surface area contributed by atoms with E-state index in [9.17, 15) is 13.2 Å². The number of hydrogen-bond donors (Lipinski definition) is 1. The normalized spacial score (nSPS) is 16.9. The Hall–Kier alpha value is -2.40. The molecule has 2 aromatic carbocycles. The Morgan fingerprint density at radius 2 is 1.91 bits per heavy atom. The third kappa shape index (κ3) is 4.40. The molecule has 1 N–H and O–H groups in total. The van der Waals surface area contributed by atoms with Crippen LogP contribution in [0.2, 0.25) is 0 Å². The van der Waals surface area contributed by atoms with Crippen molar-refractivity contribution in [1.29, 1.82) is 0 Å². The maximum atomic E-state index is 12.9. The molecule has 0 saturated carbocycles. The summed E-state index contributed by atoms with van der Waals surface area (Å²) in [6, 6.07) is 10.7. The van der Waals surface area contributed by atoms with Crippen molar-refractivity contribution in [1.82, 2.24) is 9.29 Å². The van der Waals surface area contributed by atoms with E-state index in [1.807, 2.05) is 12.1 Å². The molecule has 5 rings (SSSR count). The summed E-state index contributed by atoms with van der Waals surface area (Å²) in [5.74, 6) is -0.00571. The van der Waals surface area contributed by atoms with Crippen LogP contribution in [0.3, 0.4) is 0 Å². The van der Waals surface area contributed by atoms with Crippen LogP contribution in [0, 0.1) is 0 Å². The van der Waals surface area contributed by atoms with Crippen LogP contribution in [0.5, 0.6) is 0 Å². The molecule has 1 aromatic heterocycles. The van der Waals surface area contributed by atoms with Gasteiger partial charge in [0, 0.05) is 18.8 Å². The summed E-state index contributed by atoms with van der Waals surface area (Å²) in [7, 11) is -3.61. The van der Waals surface area contributed by atoms with Crippen LogP contribution in [0.25, 0.3) is 11.1 Å². The van der Waals surface area contributed by atoms with E-state index in [-0.39, 0.29) is 16.6 Å². The molecule has 3 aromatic rings. The maximum Gasteiger partial charge on any atom is 0.257 e. The highest BCUT2D eigenvalue weighted by Crippen LogP contribution is 2.28. The van der Waals surface area contributed by atoms with Gasteiger partial charge in [-0.1, -0.05) is 17.8 Å². The maximum absolute atomic E-state index is 12.9. The molecule has 2 heterocycles. The van der Waals surface area contributed by atoms with Gasteiger partial charge in [0.05, 0.1) is 23.9 Å². The number of morpholine rings is 1. The highest BCUT2D eigenvalue weighted by atomic mass is 32.2. The van der Waals surface area contributed by atoms with Crippen LogP contribution in [-0.4, -0.2) is 55.7 Å². The summed E-state index contributed by atoms with van der Waals surface area (Å²) in [5, 5.41) is 3.24. The van der Waals surface area contributed by atoms with Gasteiger partial charge in [0.2, 0.25) is 15.9 Å². The van der Waals surface area contributed by atoms with Crippen molar-refractivity contribution < 1.29 is 22.4 Å². The summed E-state index contributed by atoms with van der Waals surface area (Å²) in [6.07, 6.45) is 3.32. The lowest BCUT2D eigenvalue weighted by molar-refractivity contribution is -0.113. The SMILES string of the molecule is O=C(CSc1nc2cc(S(=O)(=O)N3CCOCC3)ccc2o1)Nc1ccc2c(c1)CCC2. The third-order valence-corrected chi connectivity index (χ3v) is 8.38. The van der Waals surface area contributed by atoms with Gasteiger partial charge in [0.25, 0.3) is 5.22 Å². The van der Waals surface area contributed by atoms with E-state index in [1.54, 1.807) is 6.07 Å². The van der Waals surface area contributed by atoms with Crippen LogP contribution in [-0.2, 0) is 32.4 Å². The monoisotopic (exact) mass is 473 g/mol. The number of aromatic nitrogens is 1. The first-order valence-electron chi connectivity index (χ1n) is 10.5. The Kier molecular flexibility index (Phi) is 5.93. The van der Waals surface area contributed by atoms with E-state index in [4.69, 9.17) is 9.15 Å². The van der Waals surface area contributed by atoms with Gasteiger partial charge < -0.3 is 14.5 Å². The molecule has 1 fully saturated rings. The molecule has 0 unspecified atom stereocenters. The minimum Gasteiger partial charge on any atom is -0.431 e. The van der Waals surface area contributed by atoms with Crippen LogP contribution in [0.15, 0.2) is 50.9 Å². The number of benzene rings is 2. The van der Waals surface area contributed by atoms with E-state index in [2.05, 4.69) is 16.4 Å². The van der Waals surface area contributed by atoms with Gasteiger partial charge in [-0.3, -0.25) is 4.79 Å². The van der Waals surface area contributed by atoms with Crippen LogP contribution in [0.4, 0.5) is 5.69 Å². The molecule has 0 radical (unpaired) electrons. The Morgan fingerprint density at radius 1 is 1.09 bits per heavy atom. The number of rotatable bonds is 6. The number of amides is 1. The van der Waals surface area contributed by atoms with Gasteiger partial charge in [0.1, 0.15) is 5.52 Å². The Morgan fingerprint density at radius 3 is 2.75 bits per heavy atom. The molecule has 10 heteroatoms. The zero-order valence-corrected chi connectivity index (χ0v) is 19.0. The van der Waals surface area contributed by atoms with Gasteiger partial charge in [-0.15, -0.1) is 0 Å². The van der Waals surface area contributed by atoms with Gasteiger partial charge >= 0.3 is 0 Å². The molecule has 1 amide bonds. The van der Waals surface area contributed by atoms with Crippen molar-refractivity contribution in [2.24, 2.45) is 0 Å². The number of anilines is 1. The highest BCUT2D eigenvalue weighted by Gasteiger charge is 2.27. The van der Waals surface area contributed by atoms with Gasteiger partial charge in [-0.05, 0) is 60.7 Å². The van der Waals surface area contributed by atoms with E-state index < -0.39 is 10.0 Å². The first-order valence-corrected chi connectivity index (χ1v) is 12.9. The average molecular weight is 474 g/mol. The third-order valence-electron chi connectivity index (χ3n) is 5.66. The zero-order valence-electron chi connectivity index (χ0n) is 17.4. The summed E-state index contributed by atoms with van der Waals surface area (Å²) < 4.78 is 38.0. The molecule has 1 saturated heterocycles. The van der Waals surface area contributed by atoms with Crippen molar-refractivity contribution in [2.75, 3.05) is 37.4 Å². The molecule has 0 bridgehead atoms. The second-order valence-corrected chi connectivity index (χ2v) is 10.7. The highest BCUT2D eigenvalue weighted by molar-refractivity contribution is 7.99. The number of carbonyl (C=O) groups is 1. The summed E-state index contributed by atoms with van der Waals surface area (Å²) >= 11 is 1.17. The van der Waals surface area contributed by atoms with E-state index in [1.165, 1.54) is 39.3 Å². The van der Waals surface area contributed by atoms with Crippen molar-refractivity contribution in [3.63, 3.8) is 0 Å². The fourth-order valence-electron chi connectivity index (χ4n) is 4.02. The topological polar surface area (TPSA) is 102 Å². The van der Waals surface area contributed by atoms with Crippen molar-refractivity contribution >= 4 is 44.5 Å². The van der Waals surface area contributed by atoms with Crippen molar-refractivity contribution in [3.8, 4) is 0 Å². The summed E-state index contributed by atoms with van der Waals surface area (Å²) in [4.78, 5) is 16.9. The van der Waals surface area contributed by atoms with Gasteiger partial charge in [-0.2, -0.15) is 4.31 Å². The first-order chi connectivity index (χ1) is 15.5. The number of nitrogens with one attached hydrogen (secondary N) is 1. The molecular formula is C22H23N3O5S2. The molecule has 8 nitrogen and oxygen atoms in total. The lowest BCUT2D eigenvalue weighted by Crippen LogP contribution is -2.40. The minimum atomic E-state index is -3.61. The largest absolute Gasteiger partial charge is 0.431 e. The second kappa shape index (κ2) is 8.86. The number of carbonyl (C=O) groups excluding carboxylic acids is 1. The Labute approximate surface area is 190 Å². The van der Waals surface area contributed by atoms with E-state index in [0.717, 1.165) is 24.9 Å². The number of fused-ring (bicyclic) bond motifs is 2. The molecule has 32 heavy (non-hydrogen) atoms. The van der Waals surface area contributed by atoms with E-state index >= 15 is 0 Å². The fraction of sp³-hybridized carbons (Fsp3) is 0.364. The van der Waals surface area contributed by atoms with Crippen LogP contribution < -0.4 is 5.32 Å². The fourth-order valence-corrected chi connectivity index (χ4v) is 6.09. The number of hydrogen-bond acceptors (Lipinski definition) is 7. The predicted molar refractivity (Wildman–Crippen MR) is 121 cm³/mol. The van der Waals surface area contributed by atoms with Crippen molar-refractivity contribution in [2.45, 2.75) is 29.4 Å². The molecule has 0 atom stereocenters. The molecule has 0 spiro atoms. The van der Waals surface area contributed by atoms with Crippen molar-refractivity contribution in [3.05, 3.63) is 47.5 Å². The quantitative estimate of drug-likeness (QED) is 0.549. The number of oxazole rings is 1. The smallest absolute Gasteiger partial charge is 0.257 e. The lowest BCUT2D eigenvalue weighted by Gasteiger charge is -2.25. The number of aryl methyl sites for hydroxylation is 2. The van der Waals surface area contributed by atoms with E-state index in [0.29, 0.717) is 42.6 Å². The Bertz CT molecular complexity index is 1270. The second-order valence-electron chi connectivity index (χ2n) is 7.80. The molecule has 1 aliphatic heterocycles. The first kappa shape index (κ1) is 21.4. The standard InChI is InChI=1S/C22H23N3O5S2/c26-21(23-17-5-4-15-2-1-3-16(15)12-17)14-31-22-24-19-13-18(6-7-20(19)30-22)32(27,28)25-8-10-29-11-9-25/h4-7,12-13H,1-3,8-11,14H2,(H,23,26). The number of nitrogens with zero attached hydrogens (tertiary/aromatic N) is 2. The molecule has 1 aliphatic carbocycles. The summed E-state index contributed by atoms with van der Waals surface area (Å²) in [6.45, 7) is 1.44. The summed E-state index contributed by atoms with van der Waals surface area (Å²) in [5.41, 5.74) is 4.39. The van der Waals surface area contributed by atoms with Crippen LogP contribution >= 0.6 is 11.8 Å². The van der Waals surface area contributed by atoms with Gasteiger partial charge in [0.15, 0.2) is 5.58 Å².